The summed E-state index contributed by atoms with van der Waals surface area (Å²) in [6.45, 7) is 2.80. The molecule has 1 aliphatic heterocycles. The van der Waals surface area contributed by atoms with Crippen LogP contribution in [0.2, 0.25) is 0 Å². The predicted molar refractivity (Wildman–Crippen MR) is 134 cm³/mol. The van der Waals surface area contributed by atoms with E-state index in [9.17, 15) is 22.8 Å². The van der Waals surface area contributed by atoms with E-state index in [0.717, 1.165) is 16.7 Å². The predicted octanol–water partition coefficient (Wildman–Crippen LogP) is 4.89. The fraction of sp³-hybridized carbons (Fsp3) is 0.222. The van der Waals surface area contributed by atoms with E-state index in [2.05, 4.69) is 9.97 Å². The third-order valence-corrected chi connectivity index (χ3v) is 6.73. The molecule has 4 heterocycles. The zero-order valence-electron chi connectivity index (χ0n) is 20.0. The van der Waals surface area contributed by atoms with Gasteiger partial charge in [-0.2, -0.15) is 13.2 Å². The number of oxazole rings is 1. The molecule has 0 radical (unpaired) electrons. The molecule has 38 heavy (non-hydrogen) atoms. The summed E-state index contributed by atoms with van der Waals surface area (Å²) < 4.78 is 53.3. The highest BCUT2D eigenvalue weighted by atomic mass is 19.4. The molecule has 194 valence electrons. The Morgan fingerprint density at radius 3 is 2.58 bits per heavy atom. The summed E-state index contributed by atoms with van der Waals surface area (Å²) in [5.74, 6) is 0.127. The monoisotopic (exact) mass is 522 g/mol. The van der Waals surface area contributed by atoms with Crippen LogP contribution in [0.3, 0.4) is 0 Å². The molecule has 1 atom stereocenters. The van der Waals surface area contributed by atoms with Gasteiger partial charge < -0.3 is 14.1 Å². The number of fused-ring (bicyclic) bond motifs is 2. The quantitative estimate of drug-likeness (QED) is 0.353. The van der Waals surface area contributed by atoms with Crippen LogP contribution in [0.1, 0.15) is 35.6 Å². The standard InChI is InChI=1S/C27H21F3N4O4/c1-15(37-21-9-5-8-20-24(21)38-26(36)31-20)19-10-18(27(28,29)30)14-34-23(35)11-22(32-25(19)34)33-12-17(13-33)16-6-3-2-4-7-16/h2-11,14-15,17H,12-13H2,1H3,(H,31,36)/t15-/m1/s1. The van der Waals surface area contributed by atoms with Crippen LogP contribution in [0.25, 0.3) is 16.7 Å². The van der Waals surface area contributed by atoms with Crippen LogP contribution >= 0.6 is 0 Å². The van der Waals surface area contributed by atoms with Gasteiger partial charge in [0.2, 0.25) is 0 Å². The topological polar surface area (TPSA) is 92.8 Å². The maximum Gasteiger partial charge on any atom is 0.417 e. The van der Waals surface area contributed by atoms with E-state index in [1.165, 1.54) is 11.6 Å². The maximum absolute atomic E-state index is 13.8. The number of H-pyrrole nitrogens is 1. The molecular weight excluding hydrogens is 501 g/mol. The lowest BCUT2D eigenvalue weighted by molar-refractivity contribution is -0.138. The van der Waals surface area contributed by atoms with Crippen molar-refractivity contribution in [3.8, 4) is 5.75 Å². The highest BCUT2D eigenvalue weighted by molar-refractivity contribution is 5.78. The molecule has 0 bridgehead atoms. The lowest BCUT2D eigenvalue weighted by Gasteiger charge is -2.40. The van der Waals surface area contributed by atoms with Gasteiger partial charge in [-0.1, -0.05) is 36.4 Å². The summed E-state index contributed by atoms with van der Waals surface area (Å²) in [6.07, 6.45) is -4.93. The average Bonchev–Trinajstić information content (AvgIpc) is 3.24. The molecular formula is C27H21F3N4O4. The molecule has 8 nitrogen and oxygen atoms in total. The molecule has 1 saturated heterocycles. The summed E-state index contributed by atoms with van der Waals surface area (Å²) in [5.41, 5.74) is 0.171. The summed E-state index contributed by atoms with van der Waals surface area (Å²) in [4.78, 5) is 33.7. The van der Waals surface area contributed by atoms with Gasteiger partial charge >= 0.3 is 11.9 Å². The van der Waals surface area contributed by atoms with Gasteiger partial charge in [0.05, 0.1) is 11.1 Å². The number of aromatic nitrogens is 3. The molecule has 1 N–H and O–H groups in total. The number of aromatic amines is 1. The third-order valence-electron chi connectivity index (χ3n) is 6.73. The van der Waals surface area contributed by atoms with E-state index >= 15 is 0 Å². The van der Waals surface area contributed by atoms with Gasteiger partial charge in [0, 0.05) is 36.8 Å². The normalized spacial score (nSPS) is 15.1. The van der Waals surface area contributed by atoms with E-state index in [4.69, 9.17) is 9.15 Å². The highest BCUT2D eigenvalue weighted by Gasteiger charge is 2.34. The number of benzene rings is 2. The van der Waals surface area contributed by atoms with Crippen LogP contribution in [0.15, 0.2) is 80.9 Å². The number of para-hydroxylation sites is 1. The molecule has 5 aromatic rings. The number of halogens is 3. The van der Waals surface area contributed by atoms with Crippen molar-refractivity contribution in [3.63, 3.8) is 0 Å². The average molecular weight is 522 g/mol. The number of nitrogens with zero attached hydrogens (tertiary/aromatic N) is 3. The molecule has 0 aliphatic carbocycles. The number of anilines is 1. The minimum atomic E-state index is -4.70. The Kier molecular flexibility index (Phi) is 5.51. The summed E-state index contributed by atoms with van der Waals surface area (Å²) in [7, 11) is 0. The second kappa shape index (κ2) is 8.79. The Bertz CT molecular complexity index is 1770. The Morgan fingerprint density at radius 1 is 1.08 bits per heavy atom. The van der Waals surface area contributed by atoms with Crippen LogP contribution in [-0.2, 0) is 6.18 Å². The molecule has 1 aliphatic rings. The number of hydrogen-bond acceptors (Lipinski definition) is 6. The van der Waals surface area contributed by atoms with E-state index in [1.807, 2.05) is 35.2 Å². The van der Waals surface area contributed by atoms with Crippen molar-refractivity contribution in [3.05, 3.63) is 104 Å². The van der Waals surface area contributed by atoms with Crippen molar-refractivity contribution >= 4 is 22.6 Å². The molecule has 6 rings (SSSR count). The largest absolute Gasteiger partial charge is 0.482 e. The first-order chi connectivity index (χ1) is 18.2. The second-order valence-electron chi connectivity index (χ2n) is 9.25. The van der Waals surface area contributed by atoms with Gasteiger partial charge in [-0.15, -0.1) is 0 Å². The van der Waals surface area contributed by atoms with Crippen molar-refractivity contribution in [2.24, 2.45) is 0 Å². The summed E-state index contributed by atoms with van der Waals surface area (Å²) in [6, 6.07) is 16.9. The van der Waals surface area contributed by atoms with Crippen LogP contribution < -0.4 is 21.0 Å². The Morgan fingerprint density at radius 2 is 1.84 bits per heavy atom. The number of alkyl halides is 3. The van der Waals surface area contributed by atoms with E-state index < -0.39 is 29.2 Å². The molecule has 11 heteroatoms. The highest BCUT2D eigenvalue weighted by Crippen LogP contribution is 2.36. The van der Waals surface area contributed by atoms with Gasteiger partial charge in [0.1, 0.15) is 17.6 Å². The van der Waals surface area contributed by atoms with E-state index in [0.29, 0.717) is 24.4 Å². The third kappa shape index (κ3) is 4.19. The number of pyridine rings is 1. The fourth-order valence-corrected chi connectivity index (χ4v) is 4.73. The van der Waals surface area contributed by atoms with Gasteiger partial charge in [-0.25, -0.2) is 9.78 Å². The number of nitrogens with one attached hydrogen (secondary N) is 1. The SMILES string of the molecule is C[C@@H](Oc1cccc2[nH]c(=O)oc12)c1cc(C(F)(F)F)cn2c(=O)cc(N3CC(c4ccccc4)C3)nc12. The Balaban J connectivity index is 1.41. The smallest absolute Gasteiger partial charge is 0.417 e. The van der Waals surface area contributed by atoms with Crippen LogP contribution in [0.5, 0.6) is 5.75 Å². The maximum atomic E-state index is 13.8. The zero-order chi connectivity index (χ0) is 26.6. The van der Waals surface area contributed by atoms with Gasteiger partial charge in [0.15, 0.2) is 11.3 Å². The van der Waals surface area contributed by atoms with Crippen molar-refractivity contribution in [2.45, 2.75) is 25.1 Å². The first kappa shape index (κ1) is 23.8. The van der Waals surface area contributed by atoms with Crippen LogP contribution in [0.4, 0.5) is 19.0 Å². The van der Waals surface area contributed by atoms with Crippen LogP contribution in [0, 0.1) is 0 Å². The molecule has 0 unspecified atom stereocenters. The number of rotatable bonds is 5. The van der Waals surface area contributed by atoms with Crippen molar-refractivity contribution < 1.29 is 22.3 Å². The summed E-state index contributed by atoms with van der Waals surface area (Å²) >= 11 is 0. The van der Waals surface area contributed by atoms with Gasteiger partial charge in [-0.3, -0.25) is 14.2 Å². The molecule has 0 saturated carbocycles. The van der Waals surface area contributed by atoms with Crippen molar-refractivity contribution in [1.82, 2.24) is 14.4 Å². The minimum absolute atomic E-state index is 0.0545. The van der Waals surface area contributed by atoms with Crippen LogP contribution in [-0.4, -0.2) is 27.5 Å². The molecule has 2 aromatic carbocycles. The minimum Gasteiger partial charge on any atom is -0.482 e. The van der Waals surface area contributed by atoms with E-state index in [-0.39, 0.29) is 28.5 Å². The Hall–Kier alpha value is -4.54. The van der Waals surface area contributed by atoms with Crippen molar-refractivity contribution in [1.29, 1.82) is 0 Å². The first-order valence-corrected chi connectivity index (χ1v) is 11.9. The number of ether oxygens (including phenoxy) is 1. The molecule has 3 aromatic heterocycles. The molecule has 0 amide bonds. The Labute approximate surface area is 212 Å². The second-order valence-corrected chi connectivity index (χ2v) is 9.25. The van der Waals surface area contributed by atoms with Gasteiger partial charge in [-0.05, 0) is 30.7 Å². The summed E-state index contributed by atoms with van der Waals surface area (Å²) in [5, 5.41) is 0. The first-order valence-electron chi connectivity index (χ1n) is 11.9. The van der Waals surface area contributed by atoms with Crippen molar-refractivity contribution in [2.75, 3.05) is 18.0 Å². The lowest BCUT2D eigenvalue weighted by atomic mass is 9.91. The molecule has 1 fully saturated rings. The zero-order valence-corrected chi connectivity index (χ0v) is 20.0. The fourth-order valence-electron chi connectivity index (χ4n) is 4.73. The van der Waals surface area contributed by atoms with Gasteiger partial charge in [0.25, 0.3) is 5.56 Å². The molecule has 0 spiro atoms. The lowest BCUT2D eigenvalue weighted by Crippen LogP contribution is -2.46. The number of hydrogen-bond donors (Lipinski definition) is 1. The van der Waals surface area contributed by atoms with E-state index in [1.54, 1.807) is 25.1 Å².